The van der Waals surface area contributed by atoms with Crippen LogP contribution in [0.4, 0.5) is 4.39 Å². The normalized spacial score (nSPS) is 11.0. The average molecular weight is 372 g/mol. The highest BCUT2D eigenvalue weighted by Gasteiger charge is 2.15. The van der Waals surface area contributed by atoms with Gasteiger partial charge in [0.2, 0.25) is 10.9 Å². The Balaban J connectivity index is 2.22. The number of thiol groups is 1. The topological polar surface area (TPSA) is 63.7 Å². The minimum atomic E-state index is -2.94. The number of carbonyl (C=O) groups excluding carboxylic acids is 1. The van der Waals surface area contributed by atoms with Gasteiger partial charge in [0.25, 0.3) is 0 Å². The Labute approximate surface area is 145 Å². The molecule has 0 aromatic heterocycles. The molecule has 0 bridgehead atoms. The molecule has 0 atom stereocenters. The monoisotopic (exact) mass is 371 g/mol. The maximum Gasteiger partial charge on any atom is 0.337 e. The van der Waals surface area contributed by atoms with Crippen LogP contribution in [-0.4, -0.2) is 25.8 Å². The van der Waals surface area contributed by atoms with Gasteiger partial charge < -0.3 is 4.74 Å². The lowest BCUT2D eigenvalue weighted by Crippen LogP contribution is -2.22. The van der Waals surface area contributed by atoms with Gasteiger partial charge in [-0.15, -0.1) is 0 Å². The summed E-state index contributed by atoms with van der Waals surface area (Å²) in [7, 11) is -1.75. The molecule has 0 saturated heterocycles. The highest BCUT2D eigenvalue weighted by molar-refractivity contribution is 7.69. The van der Waals surface area contributed by atoms with Gasteiger partial charge in [-0.05, 0) is 23.8 Å². The van der Waals surface area contributed by atoms with E-state index in [0.717, 1.165) is 10.4 Å². The maximum absolute atomic E-state index is 14.1. The molecule has 0 aliphatic carbocycles. The molecule has 0 saturated carbocycles. The van der Waals surface area contributed by atoms with Crippen LogP contribution in [-0.2, 0) is 28.7 Å². The van der Waals surface area contributed by atoms with Gasteiger partial charge in [0.1, 0.15) is 5.82 Å². The number of esters is 1. The molecule has 2 aromatic carbocycles. The number of ether oxygens (including phenoxy) is 1. The van der Waals surface area contributed by atoms with Crippen molar-refractivity contribution in [2.75, 3.05) is 7.11 Å². The first-order chi connectivity index (χ1) is 11.4. The lowest BCUT2D eigenvalue weighted by atomic mass is 10.1. The summed E-state index contributed by atoms with van der Waals surface area (Å²) >= 11 is 6.03. The van der Waals surface area contributed by atoms with Crippen LogP contribution in [0.15, 0.2) is 42.5 Å². The van der Waals surface area contributed by atoms with Crippen LogP contribution in [0.2, 0.25) is 5.02 Å². The molecule has 0 spiro atoms. The van der Waals surface area contributed by atoms with E-state index in [9.17, 15) is 17.6 Å². The number of methoxy groups -OCH3 is 1. The zero-order valence-electron chi connectivity index (χ0n) is 12.7. The van der Waals surface area contributed by atoms with Crippen molar-refractivity contribution in [1.82, 2.24) is 4.31 Å². The zero-order valence-corrected chi connectivity index (χ0v) is 14.4. The number of halogens is 2. The summed E-state index contributed by atoms with van der Waals surface area (Å²) in [4.78, 5) is 11.4. The minimum Gasteiger partial charge on any atom is -0.465 e. The van der Waals surface area contributed by atoms with Gasteiger partial charge in [0.15, 0.2) is 0 Å². The van der Waals surface area contributed by atoms with Crippen molar-refractivity contribution in [3.05, 3.63) is 70.0 Å². The first-order valence-corrected chi connectivity index (χ1v) is 8.42. The molecule has 128 valence electrons. The van der Waals surface area contributed by atoms with E-state index in [1.807, 2.05) is 0 Å². The summed E-state index contributed by atoms with van der Waals surface area (Å²) in [6.45, 7) is -0.145. The molecule has 0 aliphatic heterocycles. The first-order valence-electron chi connectivity index (χ1n) is 6.91. The fraction of sp³-hybridized carbons (Fsp3) is 0.188. The van der Waals surface area contributed by atoms with Gasteiger partial charge in [-0.2, -0.15) is 4.31 Å². The lowest BCUT2D eigenvalue weighted by molar-refractivity contribution is 0.0600. The van der Waals surface area contributed by atoms with Crippen LogP contribution < -0.4 is 0 Å². The van der Waals surface area contributed by atoms with Crippen LogP contribution >= 0.6 is 11.6 Å². The molecule has 0 unspecified atom stereocenters. The fourth-order valence-electron chi connectivity index (χ4n) is 2.11. The van der Waals surface area contributed by atoms with E-state index in [4.69, 9.17) is 11.6 Å². The maximum atomic E-state index is 14.1. The van der Waals surface area contributed by atoms with Crippen LogP contribution in [0.3, 0.4) is 0 Å². The van der Waals surface area contributed by atoms with E-state index in [2.05, 4.69) is 4.74 Å². The Kier molecular flexibility index (Phi) is 6.30. The first kappa shape index (κ1) is 18.4. The standard InChI is InChI=1S/C16H15ClFNO4S/c1-23-16(20)11-6-7-13(15(18)8-11)10-19(24(21)22)9-12-4-2-3-5-14(12)17/h2-8,24H,9-10H2,1H3. The Bertz CT molecular complexity index is 817. The number of nitrogens with zero attached hydrogens (tertiary/aromatic N) is 1. The fourth-order valence-corrected chi connectivity index (χ4v) is 2.84. The van der Waals surface area contributed by atoms with Crippen molar-refractivity contribution in [3.63, 3.8) is 0 Å². The Morgan fingerprint density at radius 1 is 1.17 bits per heavy atom. The summed E-state index contributed by atoms with van der Waals surface area (Å²) in [5.41, 5.74) is 0.821. The number of benzene rings is 2. The van der Waals surface area contributed by atoms with Gasteiger partial charge in [0.05, 0.1) is 12.7 Å². The molecular formula is C16H15ClFNO4S. The van der Waals surface area contributed by atoms with E-state index in [0.29, 0.717) is 10.6 Å². The quantitative estimate of drug-likeness (QED) is 0.626. The van der Waals surface area contributed by atoms with E-state index in [1.165, 1.54) is 19.2 Å². The van der Waals surface area contributed by atoms with Crippen molar-refractivity contribution in [3.8, 4) is 0 Å². The van der Waals surface area contributed by atoms with Crippen molar-refractivity contribution in [2.24, 2.45) is 0 Å². The van der Waals surface area contributed by atoms with Crippen LogP contribution in [0, 0.1) is 5.82 Å². The highest BCUT2D eigenvalue weighted by atomic mass is 35.5. The predicted octanol–water partition coefficient (Wildman–Crippen LogP) is 2.79. The van der Waals surface area contributed by atoms with Gasteiger partial charge in [0, 0.05) is 23.7 Å². The Morgan fingerprint density at radius 3 is 2.42 bits per heavy atom. The molecule has 0 N–H and O–H groups in total. The van der Waals surface area contributed by atoms with Crippen molar-refractivity contribution >= 4 is 28.5 Å². The molecule has 0 amide bonds. The summed E-state index contributed by atoms with van der Waals surface area (Å²) < 4.78 is 42.7. The van der Waals surface area contributed by atoms with E-state index in [-0.39, 0.29) is 24.2 Å². The second-order valence-corrected chi connectivity index (χ2v) is 6.40. The van der Waals surface area contributed by atoms with Crippen LogP contribution in [0.1, 0.15) is 21.5 Å². The van der Waals surface area contributed by atoms with Crippen molar-refractivity contribution in [1.29, 1.82) is 0 Å². The SMILES string of the molecule is COC(=O)c1ccc(CN(Cc2ccccc2Cl)[SH](=O)=O)c(F)c1. The van der Waals surface area contributed by atoms with Crippen molar-refractivity contribution in [2.45, 2.75) is 13.1 Å². The molecule has 2 rings (SSSR count). The number of rotatable bonds is 6. The number of carbonyl (C=O) groups is 1. The number of hydrogen-bond acceptors (Lipinski definition) is 4. The molecule has 2 aromatic rings. The summed E-state index contributed by atoms with van der Waals surface area (Å²) in [6.07, 6.45) is 0. The molecule has 0 fully saturated rings. The third kappa shape index (κ3) is 4.53. The third-order valence-corrected chi connectivity index (χ3v) is 4.48. The molecular weight excluding hydrogens is 357 g/mol. The van der Waals surface area contributed by atoms with E-state index < -0.39 is 22.7 Å². The average Bonchev–Trinajstić information content (AvgIpc) is 2.56. The zero-order chi connectivity index (χ0) is 17.7. The summed E-state index contributed by atoms with van der Waals surface area (Å²) in [6, 6.07) is 10.6. The molecule has 24 heavy (non-hydrogen) atoms. The van der Waals surface area contributed by atoms with Gasteiger partial charge in [-0.1, -0.05) is 35.9 Å². The second kappa shape index (κ2) is 8.23. The van der Waals surface area contributed by atoms with E-state index in [1.54, 1.807) is 24.3 Å². The molecule has 0 aliphatic rings. The van der Waals surface area contributed by atoms with Gasteiger partial charge in [-0.3, -0.25) is 0 Å². The van der Waals surface area contributed by atoms with Gasteiger partial charge in [-0.25, -0.2) is 17.6 Å². The Hall–Kier alpha value is -1.96. The lowest BCUT2D eigenvalue weighted by Gasteiger charge is -2.17. The summed E-state index contributed by atoms with van der Waals surface area (Å²) in [5.74, 6) is -1.35. The molecule has 8 heteroatoms. The highest BCUT2D eigenvalue weighted by Crippen LogP contribution is 2.20. The number of hydrogen-bond donors (Lipinski definition) is 1. The van der Waals surface area contributed by atoms with Crippen molar-refractivity contribution < 1.29 is 22.3 Å². The Morgan fingerprint density at radius 2 is 1.83 bits per heavy atom. The summed E-state index contributed by atoms with van der Waals surface area (Å²) in [5, 5.41) is 0.431. The smallest absolute Gasteiger partial charge is 0.337 e. The van der Waals surface area contributed by atoms with Crippen LogP contribution in [0.25, 0.3) is 0 Å². The second-order valence-electron chi connectivity index (χ2n) is 4.95. The minimum absolute atomic E-state index is 0.0244. The molecule has 5 nitrogen and oxygen atoms in total. The third-order valence-electron chi connectivity index (χ3n) is 3.37. The van der Waals surface area contributed by atoms with Crippen LogP contribution in [0.5, 0.6) is 0 Å². The predicted molar refractivity (Wildman–Crippen MR) is 88.8 cm³/mol. The van der Waals surface area contributed by atoms with E-state index >= 15 is 0 Å². The molecule has 0 heterocycles. The molecule has 0 radical (unpaired) electrons. The largest absolute Gasteiger partial charge is 0.465 e. The van der Waals surface area contributed by atoms with Gasteiger partial charge >= 0.3 is 5.97 Å².